The van der Waals surface area contributed by atoms with Crippen LogP contribution in [0.3, 0.4) is 0 Å². The van der Waals surface area contributed by atoms with Gasteiger partial charge >= 0.3 is 6.03 Å². The fourth-order valence-corrected chi connectivity index (χ4v) is 3.66. The van der Waals surface area contributed by atoms with E-state index in [1.807, 2.05) is 0 Å². The van der Waals surface area contributed by atoms with Crippen LogP contribution in [0.5, 0.6) is 0 Å². The van der Waals surface area contributed by atoms with E-state index < -0.39 is 6.04 Å². The van der Waals surface area contributed by atoms with Crippen molar-refractivity contribution in [2.24, 2.45) is 0 Å². The first-order valence-corrected chi connectivity index (χ1v) is 10.0. The average Bonchev–Trinajstić information content (AvgIpc) is 2.97. The lowest BCUT2D eigenvalue weighted by atomic mass is 10.1. The lowest BCUT2D eigenvalue weighted by Crippen LogP contribution is -2.56. The Balaban J connectivity index is 1.42. The second-order valence-corrected chi connectivity index (χ2v) is 7.39. The van der Waals surface area contributed by atoms with Gasteiger partial charge in [-0.2, -0.15) is 0 Å². The molecule has 1 unspecified atom stereocenters. The smallest absolute Gasteiger partial charge is 0.318 e. The number of amides is 3. The molecule has 2 N–H and O–H groups in total. The van der Waals surface area contributed by atoms with E-state index in [9.17, 15) is 9.59 Å². The summed E-state index contributed by atoms with van der Waals surface area (Å²) in [6.45, 7) is 4.28. The number of piperazine rings is 1. The van der Waals surface area contributed by atoms with E-state index in [2.05, 4.69) is 25.5 Å². The molecule has 1 aliphatic carbocycles. The lowest BCUT2D eigenvalue weighted by Gasteiger charge is -2.35. The average molecular weight is 374 g/mol. The SMILES string of the molecule is CC(NC(=O)N1CCN(c2ncccn2)CC1)C(=O)NC1CCCCCC1. The Morgan fingerprint density at radius 3 is 2.30 bits per heavy atom. The maximum absolute atomic E-state index is 12.5. The van der Waals surface area contributed by atoms with Gasteiger partial charge in [-0.3, -0.25) is 4.79 Å². The highest BCUT2D eigenvalue weighted by molar-refractivity contribution is 5.86. The molecule has 8 heteroatoms. The normalized spacial score (nSPS) is 19.9. The zero-order valence-corrected chi connectivity index (χ0v) is 16.1. The molecular formula is C19H30N6O2. The number of nitrogens with zero attached hydrogens (tertiary/aromatic N) is 4. The van der Waals surface area contributed by atoms with Crippen LogP contribution in [-0.2, 0) is 4.79 Å². The molecule has 1 saturated carbocycles. The van der Waals surface area contributed by atoms with E-state index in [1.165, 1.54) is 25.7 Å². The van der Waals surface area contributed by atoms with Crippen molar-refractivity contribution in [2.45, 2.75) is 57.5 Å². The third-order valence-corrected chi connectivity index (χ3v) is 5.34. The van der Waals surface area contributed by atoms with Crippen LogP contribution in [0.1, 0.15) is 45.4 Å². The van der Waals surface area contributed by atoms with Crippen molar-refractivity contribution in [2.75, 3.05) is 31.1 Å². The molecule has 0 aromatic carbocycles. The summed E-state index contributed by atoms with van der Waals surface area (Å²) < 4.78 is 0. The minimum absolute atomic E-state index is 0.0911. The van der Waals surface area contributed by atoms with Crippen molar-refractivity contribution in [3.8, 4) is 0 Å². The zero-order valence-electron chi connectivity index (χ0n) is 16.1. The molecule has 148 valence electrons. The van der Waals surface area contributed by atoms with Gasteiger partial charge in [-0.1, -0.05) is 25.7 Å². The molecule has 1 saturated heterocycles. The van der Waals surface area contributed by atoms with Gasteiger partial charge in [0.25, 0.3) is 0 Å². The maximum Gasteiger partial charge on any atom is 0.318 e. The number of hydrogen-bond acceptors (Lipinski definition) is 5. The number of urea groups is 1. The summed E-state index contributed by atoms with van der Waals surface area (Å²) in [5, 5.41) is 5.93. The molecule has 1 aromatic rings. The van der Waals surface area contributed by atoms with Crippen LogP contribution >= 0.6 is 0 Å². The van der Waals surface area contributed by atoms with Crippen LogP contribution < -0.4 is 15.5 Å². The monoisotopic (exact) mass is 374 g/mol. The Morgan fingerprint density at radius 1 is 1.04 bits per heavy atom. The van der Waals surface area contributed by atoms with Crippen LogP contribution in [0.25, 0.3) is 0 Å². The lowest BCUT2D eigenvalue weighted by molar-refractivity contribution is -0.123. The van der Waals surface area contributed by atoms with E-state index in [-0.39, 0.29) is 18.0 Å². The van der Waals surface area contributed by atoms with Gasteiger partial charge in [0.1, 0.15) is 6.04 Å². The largest absolute Gasteiger partial charge is 0.352 e. The van der Waals surface area contributed by atoms with E-state index in [1.54, 1.807) is 30.3 Å². The highest BCUT2D eigenvalue weighted by atomic mass is 16.2. The third-order valence-electron chi connectivity index (χ3n) is 5.34. The fourth-order valence-electron chi connectivity index (χ4n) is 3.66. The molecule has 3 amide bonds. The highest BCUT2D eigenvalue weighted by Crippen LogP contribution is 2.17. The van der Waals surface area contributed by atoms with E-state index in [0.29, 0.717) is 32.1 Å². The number of carbonyl (C=O) groups excluding carboxylic acids is 2. The van der Waals surface area contributed by atoms with Crippen molar-refractivity contribution >= 4 is 17.9 Å². The number of carbonyl (C=O) groups is 2. The minimum Gasteiger partial charge on any atom is -0.352 e. The standard InChI is InChI=1S/C19H30N6O2/c1-15(17(26)23-16-7-4-2-3-5-8-16)22-19(27)25-13-11-24(12-14-25)18-20-9-6-10-21-18/h6,9-10,15-16H,2-5,7-8,11-14H2,1H3,(H,22,27)(H,23,26). The van der Waals surface area contributed by atoms with E-state index in [4.69, 9.17) is 0 Å². The van der Waals surface area contributed by atoms with Crippen molar-refractivity contribution in [1.82, 2.24) is 25.5 Å². The summed E-state index contributed by atoms with van der Waals surface area (Å²) in [6, 6.07) is 1.31. The molecule has 2 aliphatic rings. The second kappa shape index (κ2) is 9.53. The van der Waals surface area contributed by atoms with Gasteiger partial charge in [0, 0.05) is 44.6 Å². The van der Waals surface area contributed by atoms with Gasteiger partial charge in [-0.05, 0) is 25.8 Å². The van der Waals surface area contributed by atoms with Gasteiger partial charge < -0.3 is 20.4 Å². The number of hydrogen-bond donors (Lipinski definition) is 2. The first kappa shape index (κ1) is 19.4. The fraction of sp³-hybridized carbons (Fsp3) is 0.684. The van der Waals surface area contributed by atoms with Crippen molar-refractivity contribution in [1.29, 1.82) is 0 Å². The summed E-state index contributed by atoms with van der Waals surface area (Å²) in [5.74, 6) is 0.597. The van der Waals surface area contributed by atoms with Crippen molar-refractivity contribution < 1.29 is 9.59 Å². The van der Waals surface area contributed by atoms with Crippen LogP contribution in [0.4, 0.5) is 10.7 Å². The van der Waals surface area contributed by atoms with Gasteiger partial charge in [-0.25, -0.2) is 14.8 Å². The molecule has 1 atom stereocenters. The molecule has 1 aromatic heterocycles. The first-order valence-electron chi connectivity index (χ1n) is 10.0. The van der Waals surface area contributed by atoms with Gasteiger partial charge in [0.15, 0.2) is 0 Å². The summed E-state index contributed by atoms with van der Waals surface area (Å²) in [7, 11) is 0. The van der Waals surface area contributed by atoms with Gasteiger partial charge in [0.05, 0.1) is 0 Å². The topological polar surface area (TPSA) is 90.5 Å². The first-order chi connectivity index (χ1) is 13.1. The number of nitrogens with one attached hydrogen (secondary N) is 2. The highest BCUT2D eigenvalue weighted by Gasteiger charge is 2.25. The predicted molar refractivity (Wildman–Crippen MR) is 103 cm³/mol. The van der Waals surface area contributed by atoms with E-state index >= 15 is 0 Å². The van der Waals surface area contributed by atoms with Crippen molar-refractivity contribution in [3.63, 3.8) is 0 Å². The second-order valence-electron chi connectivity index (χ2n) is 7.39. The zero-order chi connectivity index (χ0) is 19.1. The molecule has 0 bridgehead atoms. The quantitative estimate of drug-likeness (QED) is 0.780. The Hall–Kier alpha value is -2.38. The number of anilines is 1. The minimum atomic E-state index is -0.531. The molecule has 3 rings (SSSR count). The summed E-state index contributed by atoms with van der Waals surface area (Å²) in [5.41, 5.74) is 0. The molecule has 2 heterocycles. The molecule has 27 heavy (non-hydrogen) atoms. The Bertz CT molecular complexity index is 610. The van der Waals surface area contributed by atoms with Gasteiger partial charge in [-0.15, -0.1) is 0 Å². The Morgan fingerprint density at radius 2 is 1.67 bits per heavy atom. The summed E-state index contributed by atoms with van der Waals surface area (Å²) in [4.78, 5) is 37.2. The molecule has 0 spiro atoms. The summed E-state index contributed by atoms with van der Waals surface area (Å²) >= 11 is 0. The molecule has 2 fully saturated rings. The van der Waals surface area contributed by atoms with Crippen LogP contribution in [0.2, 0.25) is 0 Å². The molecule has 0 radical (unpaired) electrons. The predicted octanol–water partition coefficient (Wildman–Crippen LogP) is 1.54. The maximum atomic E-state index is 12.5. The van der Waals surface area contributed by atoms with Crippen LogP contribution in [-0.4, -0.2) is 65.1 Å². The summed E-state index contributed by atoms with van der Waals surface area (Å²) in [6.07, 6.45) is 10.3. The number of aromatic nitrogens is 2. The van der Waals surface area contributed by atoms with Crippen LogP contribution in [0, 0.1) is 0 Å². The van der Waals surface area contributed by atoms with Crippen LogP contribution in [0.15, 0.2) is 18.5 Å². The van der Waals surface area contributed by atoms with Crippen molar-refractivity contribution in [3.05, 3.63) is 18.5 Å². The Kier molecular flexibility index (Phi) is 6.84. The van der Waals surface area contributed by atoms with Gasteiger partial charge in [0.2, 0.25) is 11.9 Å². The molecule has 1 aliphatic heterocycles. The van der Waals surface area contributed by atoms with E-state index in [0.717, 1.165) is 12.8 Å². The Labute approximate surface area is 160 Å². The third kappa shape index (κ3) is 5.55. The molecular weight excluding hydrogens is 344 g/mol. The molecule has 8 nitrogen and oxygen atoms in total. The number of rotatable bonds is 4.